The zero-order valence-corrected chi connectivity index (χ0v) is 16.7. The average Bonchev–Trinajstić information content (AvgIpc) is 3.11. The summed E-state index contributed by atoms with van der Waals surface area (Å²) in [5.74, 6) is 1.93. The number of benzene rings is 1. The number of amidine groups is 1. The zero-order chi connectivity index (χ0) is 19.3. The van der Waals surface area contributed by atoms with Gasteiger partial charge in [-0.05, 0) is 51.2 Å². The maximum atomic E-state index is 6.27. The van der Waals surface area contributed by atoms with E-state index in [2.05, 4.69) is 47.9 Å². The number of para-hydroxylation sites is 1. The topological polar surface area (TPSA) is 70.6 Å². The fourth-order valence-electron chi connectivity index (χ4n) is 4.54. The van der Waals surface area contributed by atoms with Crippen molar-refractivity contribution in [2.24, 2.45) is 10.7 Å². The number of piperidine rings is 1. The van der Waals surface area contributed by atoms with Crippen LogP contribution in [0.2, 0.25) is 0 Å². The quantitative estimate of drug-likeness (QED) is 0.829. The van der Waals surface area contributed by atoms with Crippen molar-refractivity contribution in [2.45, 2.75) is 57.7 Å². The van der Waals surface area contributed by atoms with Crippen LogP contribution in [-0.4, -0.2) is 40.5 Å². The van der Waals surface area contributed by atoms with E-state index < -0.39 is 0 Å². The zero-order valence-electron chi connectivity index (χ0n) is 16.7. The van der Waals surface area contributed by atoms with Crippen molar-refractivity contribution in [2.75, 3.05) is 22.9 Å². The van der Waals surface area contributed by atoms with Crippen molar-refractivity contribution in [3.8, 4) is 0 Å². The molecule has 4 heterocycles. The van der Waals surface area contributed by atoms with Crippen LogP contribution in [0.1, 0.15) is 50.1 Å². The van der Waals surface area contributed by atoms with Crippen LogP contribution in [-0.2, 0) is 13.0 Å². The van der Waals surface area contributed by atoms with E-state index in [-0.39, 0.29) is 5.54 Å². The van der Waals surface area contributed by atoms with Crippen LogP contribution in [0.25, 0.3) is 0 Å². The van der Waals surface area contributed by atoms with Gasteiger partial charge in [-0.3, -0.25) is 4.99 Å². The van der Waals surface area contributed by atoms with Gasteiger partial charge in [-0.15, -0.1) is 0 Å². The van der Waals surface area contributed by atoms with E-state index in [4.69, 9.17) is 20.7 Å². The van der Waals surface area contributed by atoms with Crippen LogP contribution in [0.4, 0.5) is 11.5 Å². The molecule has 6 heteroatoms. The van der Waals surface area contributed by atoms with Crippen molar-refractivity contribution < 1.29 is 0 Å². The average molecular weight is 377 g/mol. The van der Waals surface area contributed by atoms with E-state index in [1.807, 2.05) is 6.20 Å². The Morgan fingerprint density at radius 2 is 1.96 bits per heavy atom. The van der Waals surface area contributed by atoms with E-state index in [1.165, 1.54) is 11.3 Å². The molecule has 5 rings (SSSR count). The summed E-state index contributed by atoms with van der Waals surface area (Å²) in [7, 11) is 0. The normalized spacial score (nSPS) is 23.2. The third-order valence-electron chi connectivity index (χ3n) is 6.40. The number of aryl methyl sites for hydroxylation is 1. The highest BCUT2D eigenvalue weighted by atomic mass is 15.3. The minimum atomic E-state index is -0.0608. The highest BCUT2D eigenvalue weighted by Crippen LogP contribution is 2.34. The van der Waals surface area contributed by atoms with E-state index in [1.54, 1.807) is 0 Å². The number of fused-ring (bicyclic) bond motifs is 2. The first kappa shape index (κ1) is 17.6. The van der Waals surface area contributed by atoms with Crippen LogP contribution in [0.3, 0.4) is 0 Å². The van der Waals surface area contributed by atoms with Gasteiger partial charge in [0.05, 0.1) is 18.4 Å². The summed E-state index contributed by atoms with van der Waals surface area (Å²) in [6, 6.07) is 9.06. The van der Waals surface area contributed by atoms with E-state index >= 15 is 0 Å². The summed E-state index contributed by atoms with van der Waals surface area (Å²) >= 11 is 0. The molecule has 0 unspecified atom stereocenters. The third kappa shape index (κ3) is 2.96. The predicted molar refractivity (Wildman–Crippen MR) is 113 cm³/mol. The molecule has 0 saturated carbocycles. The van der Waals surface area contributed by atoms with Gasteiger partial charge in [-0.2, -0.15) is 0 Å². The molecule has 1 fully saturated rings. The molecule has 3 aliphatic heterocycles. The van der Waals surface area contributed by atoms with Gasteiger partial charge >= 0.3 is 0 Å². The Bertz CT molecular complexity index is 924. The molecule has 2 aromatic rings. The molecule has 6 nitrogen and oxygen atoms in total. The molecule has 28 heavy (non-hydrogen) atoms. The predicted octanol–water partition coefficient (Wildman–Crippen LogP) is 2.90. The van der Waals surface area contributed by atoms with Crippen LogP contribution in [0.5, 0.6) is 0 Å². The number of nitrogens with zero attached hydrogens (tertiary/aromatic N) is 5. The fourth-order valence-corrected chi connectivity index (χ4v) is 4.54. The van der Waals surface area contributed by atoms with E-state index in [9.17, 15) is 0 Å². The second-order valence-electron chi connectivity index (χ2n) is 8.69. The molecule has 0 amide bonds. The van der Waals surface area contributed by atoms with Crippen LogP contribution < -0.4 is 15.5 Å². The number of rotatable bonds is 1. The largest absolute Gasteiger partial charge is 0.355 e. The Balaban J connectivity index is 1.43. The molecular formula is C22H28N6. The molecular weight excluding hydrogens is 348 g/mol. The van der Waals surface area contributed by atoms with Gasteiger partial charge in [0.25, 0.3) is 0 Å². The number of hydrogen-bond donors (Lipinski definition) is 1. The molecule has 0 aliphatic carbocycles. The lowest BCUT2D eigenvalue weighted by Crippen LogP contribution is -2.48. The molecule has 1 aromatic carbocycles. The van der Waals surface area contributed by atoms with Gasteiger partial charge in [-0.25, -0.2) is 9.97 Å². The van der Waals surface area contributed by atoms with Crippen molar-refractivity contribution in [1.82, 2.24) is 9.97 Å². The third-order valence-corrected chi connectivity index (χ3v) is 6.40. The Morgan fingerprint density at radius 1 is 1.18 bits per heavy atom. The Morgan fingerprint density at radius 3 is 2.79 bits per heavy atom. The Labute approximate surface area is 166 Å². The number of aromatic nitrogens is 2. The second-order valence-corrected chi connectivity index (χ2v) is 8.69. The van der Waals surface area contributed by atoms with Crippen molar-refractivity contribution in [1.29, 1.82) is 0 Å². The van der Waals surface area contributed by atoms with Crippen molar-refractivity contribution >= 4 is 17.3 Å². The smallest absolute Gasteiger partial charge is 0.157 e. The highest BCUT2D eigenvalue weighted by Gasteiger charge is 2.33. The summed E-state index contributed by atoms with van der Waals surface area (Å²) in [5, 5.41) is 0. The maximum absolute atomic E-state index is 6.27. The SMILES string of the molecule is C[C@@H]1CCc2ccccc2N1C1=NCc2nc(N3CCC(C)(N)CC3)cnc21. The lowest BCUT2D eigenvalue weighted by molar-refractivity contribution is 0.363. The standard InChI is InChI=1S/C22H28N6/c1-15-7-8-16-5-3-4-6-18(16)28(15)21-20-17(13-25-21)26-19(14-24-20)27-11-9-22(2,23)10-12-27/h3-6,14-15H,7-13,23H2,1-2H3/t15-/m1/s1. The molecule has 1 aromatic heterocycles. The highest BCUT2D eigenvalue weighted by molar-refractivity contribution is 6.11. The molecule has 0 bridgehead atoms. The van der Waals surface area contributed by atoms with Gasteiger partial charge in [0, 0.05) is 30.4 Å². The number of hydrogen-bond acceptors (Lipinski definition) is 6. The lowest BCUT2D eigenvalue weighted by atomic mass is 9.91. The minimum absolute atomic E-state index is 0.0608. The van der Waals surface area contributed by atoms with E-state index in [0.29, 0.717) is 12.6 Å². The first-order chi connectivity index (χ1) is 13.5. The maximum Gasteiger partial charge on any atom is 0.157 e. The van der Waals surface area contributed by atoms with Gasteiger partial charge in [0.15, 0.2) is 5.84 Å². The van der Waals surface area contributed by atoms with Crippen molar-refractivity contribution in [3.05, 3.63) is 47.4 Å². The monoisotopic (exact) mass is 376 g/mol. The van der Waals surface area contributed by atoms with E-state index in [0.717, 1.165) is 61.8 Å². The first-order valence-electron chi connectivity index (χ1n) is 10.3. The van der Waals surface area contributed by atoms with Gasteiger partial charge in [-0.1, -0.05) is 18.2 Å². The minimum Gasteiger partial charge on any atom is -0.355 e. The molecule has 1 atom stereocenters. The summed E-state index contributed by atoms with van der Waals surface area (Å²) in [6.45, 7) is 6.89. The van der Waals surface area contributed by atoms with Crippen LogP contribution >= 0.6 is 0 Å². The Hall–Kier alpha value is -2.47. The van der Waals surface area contributed by atoms with Crippen molar-refractivity contribution in [3.63, 3.8) is 0 Å². The van der Waals surface area contributed by atoms with Gasteiger partial charge in [0.2, 0.25) is 0 Å². The molecule has 2 N–H and O–H groups in total. The summed E-state index contributed by atoms with van der Waals surface area (Å²) < 4.78 is 0. The van der Waals surface area contributed by atoms with Gasteiger partial charge < -0.3 is 15.5 Å². The first-order valence-corrected chi connectivity index (χ1v) is 10.3. The summed E-state index contributed by atoms with van der Waals surface area (Å²) in [4.78, 5) is 19.3. The second kappa shape index (κ2) is 6.55. The fraction of sp³-hybridized carbons (Fsp3) is 0.500. The van der Waals surface area contributed by atoms with Gasteiger partial charge in [0.1, 0.15) is 11.5 Å². The number of anilines is 2. The number of aliphatic imine (C=N–C) groups is 1. The summed E-state index contributed by atoms with van der Waals surface area (Å²) in [6.07, 6.45) is 6.13. The lowest BCUT2D eigenvalue weighted by Gasteiger charge is -2.37. The molecule has 0 spiro atoms. The summed E-state index contributed by atoms with van der Waals surface area (Å²) in [5.41, 5.74) is 10.8. The molecule has 0 radical (unpaired) electrons. The van der Waals surface area contributed by atoms with Crippen LogP contribution in [0, 0.1) is 0 Å². The molecule has 1 saturated heterocycles. The molecule has 3 aliphatic rings. The Kier molecular flexibility index (Phi) is 4.12. The molecule has 146 valence electrons. The number of nitrogens with two attached hydrogens (primary N) is 1. The van der Waals surface area contributed by atoms with Crippen LogP contribution in [0.15, 0.2) is 35.5 Å².